The summed E-state index contributed by atoms with van der Waals surface area (Å²) in [6.07, 6.45) is -0.275. The molecule has 0 fully saturated rings. The predicted molar refractivity (Wildman–Crippen MR) is 84.0 cm³/mol. The fraction of sp³-hybridized carbons (Fsp3) is 0.533. The van der Waals surface area contributed by atoms with E-state index in [0.29, 0.717) is 5.69 Å². The van der Waals surface area contributed by atoms with Gasteiger partial charge in [-0.05, 0) is 57.9 Å². The summed E-state index contributed by atoms with van der Waals surface area (Å²) in [5.41, 5.74) is 2.38. The number of rotatable bonds is 6. The maximum Gasteiger partial charge on any atom is 0.327 e. The van der Waals surface area contributed by atoms with E-state index in [0.717, 1.165) is 15.4 Å². The molecule has 0 aliphatic heterocycles. The lowest BCUT2D eigenvalue weighted by Gasteiger charge is -2.24. The molecule has 118 valence electrons. The maximum atomic E-state index is 12.3. The topological polar surface area (TPSA) is 63.7 Å². The van der Waals surface area contributed by atoms with Gasteiger partial charge < -0.3 is 4.74 Å². The van der Waals surface area contributed by atoms with Gasteiger partial charge in [0.1, 0.15) is 6.54 Å². The summed E-state index contributed by atoms with van der Waals surface area (Å²) in [4.78, 5) is 11.8. The van der Waals surface area contributed by atoms with Gasteiger partial charge in [-0.3, -0.25) is 9.10 Å². The number of ether oxygens (including phenoxy) is 1. The Morgan fingerprint density at radius 2 is 1.71 bits per heavy atom. The highest BCUT2D eigenvalue weighted by Gasteiger charge is 2.24. The lowest BCUT2D eigenvalue weighted by molar-refractivity contribution is -0.145. The number of sulfonamides is 1. The number of carbonyl (C=O) groups excluding carboxylic acids is 1. The Morgan fingerprint density at radius 1 is 1.19 bits per heavy atom. The molecule has 21 heavy (non-hydrogen) atoms. The number of benzene rings is 1. The van der Waals surface area contributed by atoms with Crippen molar-refractivity contribution in [3.8, 4) is 0 Å². The first-order valence-corrected chi connectivity index (χ1v) is 8.54. The van der Waals surface area contributed by atoms with Crippen molar-refractivity contribution in [1.29, 1.82) is 0 Å². The van der Waals surface area contributed by atoms with Crippen LogP contribution in [0.15, 0.2) is 18.2 Å². The van der Waals surface area contributed by atoms with Crippen LogP contribution >= 0.6 is 0 Å². The van der Waals surface area contributed by atoms with Gasteiger partial charge in [0.25, 0.3) is 0 Å². The molecule has 0 amide bonds. The summed E-state index contributed by atoms with van der Waals surface area (Å²) in [7, 11) is -3.55. The third kappa shape index (κ3) is 5.04. The number of esters is 1. The molecule has 5 nitrogen and oxygen atoms in total. The van der Waals surface area contributed by atoms with Gasteiger partial charge in [-0.15, -0.1) is 0 Å². The van der Waals surface area contributed by atoms with Gasteiger partial charge in [0, 0.05) is 0 Å². The van der Waals surface area contributed by atoms with E-state index in [1.807, 2.05) is 19.9 Å². The van der Waals surface area contributed by atoms with Crippen molar-refractivity contribution in [1.82, 2.24) is 0 Å². The van der Waals surface area contributed by atoms with E-state index in [9.17, 15) is 13.2 Å². The summed E-state index contributed by atoms with van der Waals surface area (Å²) < 4.78 is 30.7. The van der Waals surface area contributed by atoms with Crippen LogP contribution in [-0.2, 0) is 19.6 Å². The van der Waals surface area contributed by atoms with E-state index in [4.69, 9.17) is 4.74 Å². The molecule has 0 atom stereocenters. The lowest BCUT2D eigenvalue weighted by Crippen LogP contribution is -2.38. The number of nitrogens with zero attached hydrogens (tertiary/aromatic N) is 1. The smallest absolute Gasteiger partial charge is 0.327 e. The zero-order valence-electron chi connectivity index (χ0n) is 13.2. The number of anilines is 1. The molecule has 0 bridgehead atoms. The zero-order chi connectivity index (χ0) is 16.2. The Bertz CT molecular complexity index is 588. The summed E-state index contributed by atoms with van der Waals surface area (Å²) >= 11 is 0. The second-order valence-electron chi connectivity index (χ2n) is 5.29. The van der Waals surface area contributed by atoms with Crippen molar-refractivity contribution in [3.63, 3.8) is 0 Å². The van der Waals surface area contributed by atoms with Crippen molar-refractivity contribution in [2.24, 2.45) is 0 Å². The number of carbonyl (C=O) groups is 1. The third-order valence-corrected chi connectivity index (χ3v) is 4.58. The fourth-order valence-electron chi connectivity index (χ4n) is 2.02. The van der Waals surface area contributed by atoms with Crippen molar-refractivity contribution in [2.75, 3.05) is 16.6 Å². The molecule has 0 radical (unpaired) electrons. The molecular weight excluding hydrogens is 290 g/mol. The maximum absolute atomic E-state index is 12.3. The molecule has 1 aromatic carbocycles. The number of aryl methyl sites for hydroxylation is 2. The van der Waals surface area contributed by atoms with Gasteiger partial charge in [0.05, 0.1) is 17.5 Å². The monoisotopic (exact) mass is 313 g/mol. The standard InChI is InChI=1S/C15H23NO4S/c1-6-21(18,19)16(10-15(17)20-11(2)3)14-8-12(4)7-13(5)9-14/h7-9,11H,6,10H2,1-5H3. The van der Waals surface area contributed by atoms with E-state index in [-0.39, 0.29) is 18.4 Å². The largest absolute Gasteiger partial charge is 0.462 e. The van der Waals surface area contributed by atoms with Crippen LogP contribution in [0.5, 0.6) is 0 Å². The molecule has 0 heterocycles. The molecule has 0 aromatic heterocycles. The summed E-state index contributed by atoms with van der Waals surface area (Å²) in [6.45, 7) is 8.48. The third-order valence-electron chi connectivity index (χ3n) is 2.83. The molecular formula is C15H23NO4S. The van der Waals surface area contributed by atoms with Crippen LogP contribution < -0.4 is 4.31 Å². The summed E-state index contributed by atoms with van der Waals surface area (Å²) in [5.74, 6) is -0.629. The highest BCUT2D eigenvalue weighted by molar-refractivity contribution is 7.92. The van der Waals surface area contributed by atoms with Crippen molar-refractivity contribution >= 4 is 21.7 Å². The van der Waals surface area contributed by atoms with Crippen LogP contribution in [0.4, 0.5) is 5.69 Å². The Balaban J connectivity index is 3.17. The first kappa shape index (κ1) is 17.5. The molecule has 0 N–H and O–H groups in total. The minimum absolute atomic E-state index is 0.0745. The Hall–Kier alpha value is -1.56. The van der Waals surface area contributed by atoms with E-state index in [1.54, 1.807) is 32.9 Å². The molecule has 0 saturated heterocycles. The van der Waals surface area contributed by atoms with Gasteiger partial charge in [-0.2, -0.15) is 0 Å². The summed E-state index contributed by atoms with van der Waals surface area (Å²) in [6, 6.07) is 5.46. The van der Waals surface area contributed by atoms with Gasteiger partial charge in [0.15, 0.2) is 0 Å². The SMILES string of the molecule is CCS(=O)(=O)N(CC(=O)OC(C)C)c1cc(C)cc(C)c1. The molecule has 1 rings (SSSR count). The van der Waals surface area contributed by atoms with Crippen molar-refractivity contribution in [2.45, 2.75) is 40.7 Å². The average Bonchev–Trinajstić information content (AvgIpc) is 2.33. The highest BCUT2D eigenvalue weighted by Crippen LogP contribution is 2.22. The summed E-state index contributed by atoms with van der Waals surface area (Å²) in [5, 5.41) is 0. The van der Waals surface area contributed by atoms with Crippen LogP contribution in [-0.4, -0.2) is 32.8 Å². The fourth-order valence-corrected chi connectivity index (χ4v) is 3.06. The zero-order valence-corrected chi connectivity index (χ0v) is 14.0. The van der Waals surface area contributed by atoms with Crippen LogP contribution in [0.25, 0.3) is 0 Å². The van der Waals surface area contributed by atoms with Gasteiger partial charge >= 0.3 is 5.97 Å². The predicted octanol–water partition coefficient (Wildman–Crippen LogP) is 2.41. The highest BCUT2D eigenvalue weighted by atomic mass is 32.2. The number of hydrogen-bond donors (Lipinski definition) is 0. The van der Waals surface area contributed by atoms with Crippen LogP contribution in [0.3, 0.4) is 0 Å². The van der Waals surface area contributed by atoms with Gasteiger partial charge in [0.2, 0.25) is 10.0 Å². The lowest BCUT2D eigenvalue weighted by atomic mass is 10.1. The Morgan fingerprint density at radius 3 is 2.14 bits per heavy atom. The van der Waals surface area contributed by atoms with Crippen LogP contribution in [0.1, 0.15) is 31.9 Å². The van der Waals surface area contributed by atoms with Crippen LogP contribution in [0.2, 0.25) is 0 Å². The normalized spacial score (nSPS) is 11.5. The van der Waals surface area contributed by atoms with Crippen molar-refractivity contribution in [3.05, 3.63) is 29.3 Å². The molecule has 0 saturated carbocycles. The minimum Gasteiger partial charge on any atom is -0.462 e. The number of hydrogen-bond acceptors (Lipinski definition) is 4. The molecule has 1 aromatic rings. The first-order chi connectivity index (χ1) is 9.65. The van der Waals surface area contributed by atoms with Gasteiger partial charge in [-0.1, -0.05) is 6.07 Å². The molecule has 6 heteroatoms. The Labute approximate surface area is 127 Å². The first-order valence-electron chi connectivity index (χ1n) is 6.94. The average molecular weight is 313 g/mol. The molecule has 0 aliphatic rings. The van der Waals surface area contributed by atoms with E-state index < -0.39 is 16.0 Å². The second kappa shape index (κ2) is 6.93. The van der Waals surface area contributed by atoms with Crippen molar-refractivity contribution < 1.29 is 17.9 Å². The molecule has 0 aliphatic carbocycles. The van der Waals surface area contributed by atoms with E-state index in [2.05, 4.69) is 0 Å². The molecule has 0 unspecified atom stereocenters. The van der Waals surface area contributed by atoms with E-state index >= 15 is 0 Å². The van der Waals surface area contributed by atoms with E-state index in [1.165, 1.54) is 0 Å². The second-order valence-corrected chi connectivity index (χ2v) is 7.47. The minimum atomic E-state index is -3.55. The molecule has 0 spiro atoms. The van der Waals surface area contributed by atoms with Gasteiger partial charge in [-0.25, -0.2) is 8.42 Å². The Kier molecular flexibility index (Phi) is 5.78. The van der Waals surface area contributed by atoms with Crippen LogP contribution in [0, 0.1) is 13.8 Å². The quantitative estimate of drug-likeness (QED) is 0.757.